The first-order valence-corrected chi connectivity index (χ1v) is 17.8. The molecule has 8 rings (SSSR count). The van der Waals surface area contributed by atoms with E-state index in [9.17, 15) is 0 Å². The monoisotopic (exact) mass is 711 g/mol. The lowest BCUT2D eigenvalue weighted by Gasteiger charge is -2.72. The van der Waals surface area contributed by atoms with Gasteiger partial charge in [-0.1, -0.05) is 78.3 Å². The van der Waals surface area contributed by atoms with E-state index in [-0.39, 0.29) is 29.4 Å². The van der Waals surface area contributed by atoms with E-state index in [2.05, 4.69) is 96.1 Å². The molecule has 2 bridgehead atoms. The fourth-order valence-corrected chi connectivity index (χ4v) is 13.7. The van der Waals surface area contributed by atoms with Gasteiger partial charge >= 0.3 is 0 Å². The molecule has 44 heavy (non-hydrogen) atoms. The summed E-state index contributed by atoms with van der Waals surface area (Å²) in [4.78, 5) is 0. The Balaban J connectivity index is 0.00000312. The molecule has 4 nitrogen and oxygen atoms in total. The molecule has 5 heteroatoms. The van der Waals surface area contributed by atoms with Crippen molar-refractivity contribution in [1.29, 1.82) is 0 Å². The fraction of sp³-hybridized carbons (Fsp3) is 0.795. The van der Waals surface area contributed by atoms with Crippen LogP contribution < -0.4 is 28.7 Å². The molecular weight excluding hydrogens is 653 g/mol. The molecule has 0 spiro atoms. The maximum atomic E-state index is 6.82. The summed E-state index contributed by atoms with van der Waals surface area (Å²) in [5.74, 6) is 3.03. The number of nitrogens with zero attached hydrogens (tertiary/aromatic N) is 3. The van der Waals surface area contributed by atoms with Gasteiger partial charge in [0.05, 0.1) is 17.9 Å². The van der Waals surface area contributed by atoms with Crippen molar-refractivity contribution >= 4 is 0 Å². The van der Waals surface area contributed by atoms with E-state index >= 15 is 0 Å². The van der Waals surface area contributed by atoms with E-state index in [0.29, 0.717) is 39.1 Å². The number of halogens is 1. The zero-order chi connectivity index (χ0) is 30.4. The second-order valence-corrected chi connectivity index (χ2v) is 18.6. The van der Waals surface area contributed by atoms with Crippen molar-refractivity contribution in [3.63, 3.8) is 0 Å². The van der Waals surface area contributed by atoms with Gasteiger partial charge in [-0.3, -0.25) is 0 Å². The summed E-state index contributed by atoms with van der Waals surface area (Å²) in [6.07, 6.45) is 12.7. The molecule has 4 saturated carbocycles. The van der Waals surface area contributed by atoms with Crippen molar-refractivity contribution in [1.82, 2.24) is 9.90 Å². The van der Waals surface area contributed by atoms with Crippen molar-refractivity contribution in [2.24, 2.45) is 57.8 Å². The second-order valence-electron chi connectivity index (χ2n) is 18.6. The molecule has 1 aliphatic heterocycles. The molecule has 0 N–H and O–H groups in total. The summed E-state index contributed by atoms with van der Waals surface area (Å²) in [5, 5.41) is 5.20. The highest BCUT2D eigenvalue weighted by Crippen LogP contribution is 2.77. The smallest absolute Gasteiger partial charge is 0.177 e. The molecule has 2 heterocycles. The Hall–Kier alpha value is -0.950. The molecule has 242 valence electrons. The number of hydrogen-bond acceptors (Lipinski definition) is 2. The van der Waals surface area contributed by atoms with Crippen LogP contribution in [0, 0.1) is 57.7 Å². The molecule has 0 unspecified atom stereocenters. The fourth-order valence-electron chi connectivity index (χ4n) is 13.7. The van der Waals surface area contributed by atoms with Crippen LogP contribution in [0.4, 0.5) is 0 Å². The standard InChI is InChI=1S/C39H58N3O.HI/c1-25-10-12-26(13-11-25)23-42-32-28(41(9)40-42)22-36(6)29(35(32,4)5)16-17-38(8)30(36)15-14-27-31-33-34(2,3)18-20-39(31,24-43-33)21-19-37(27,38)7;/h10-13,27,29-31,33H,14-24H2,1-9H3;1H/q+1;/p-1/t27-,29+,30-,31+,33-,36+,37-,38-,39-;/m1./s1. The lowest BCUT2D eigenvalue weighted by molar-refractivity contribution is -0.757. The molecule has 1 aromatic carbocycles. The molecule has 9 atom stereocenters. The van der Waals surface area contributed by atoms with Gasteiger partial charge in [0.25, 0.3) is 0 Å². The summed E-state index contributed by atoms with van der Waals surface area (Å²) < 4.78 is 11.4. The Morgan fingerprint density at radius 2 is 1.57 bits per heavy atom. The normalized spacial score (nSPS) is 44.3. The van der Waals surface area contributed by atoms with E-state index in [0.717, 1.165) is 30.9 Å². The van der Waals surface area contributed by atoms with Gasteiger partial charge in [0, 0.05) is 11.8 Å². The van der Waals surface area contributed by atoms with Crippen molar-refractivity contribution in [3.05, 3.63) is 46.8 Å². The van der Waals surface area contributed by atoms with Crippen molar-refractivity contribution in [2.45, 2.75) is 131 Å². The van der Waals surface area contributed by atoms with Gasteiger partial charge in [0.2, 0.25) is 0 Å². The van der Waals surface area contributed by atoms with Gasteiger partial charge in [0.1, 0.15) is 13.6 Å². The molecule has 0 radical (unpaired) electrons. The van der Waals surface area contributed by atoms with Crippen molar-refractivity contribution < 1.29 is 33.4 Å². The predicted octanol–water partition coefficient (Wildman–Crippen LogP) is 4.97. The molecule has 5 fully saturated rings. The number of aromatic nitrogens is 3. The van der Waals surface area contributed by atoms with Gasteiger partial charge in [-0.25, -0.2) is 0 Å². The number of rotatable bonds is 2. The first-order chi connectivity index (χ1) is 20.2. The summed E-state index contributed by atoms with van der Waals surface area (Å²) in [5.41, 5.74) is 7.63. The number of benzene rings is 1. The molecule has 1 saturated heterocycles. The third-order valence-electron chi connectivity index (χ3n) is 16.0. The van der Waals surface area contributed by atoms with Crippen LogP contribution in [0.15, 0.2) is 24.3 Å². The van der Waals surface area contributed by atoms with Crippen LogP contribution >= 0.6 is 0 Å². The van der Waals surface area contributed by atoms with Crippen LogP contribution in [0.3, 0.4) is 0 Å². The minimum atomic E-state index is 0. The highest BCUT2D eigenvalue weighted by molar-refractivity contribution is 5.30. The molecule has 6 aliphatic rings. The van der Waals surface area contributed by atoms with E-state index in [4.69, 9.17) is 9.95 Å². The minimum absolute atomic E-state index is 0. The third-order valence-corrected chi connectivity index (χ3v) is 16.0. The lowest BCUT2D eigenvalue weighted by atomic mass is 9.31. The van der Waals surface area contributed by atoms with Crippen LogP contribution in [0.25, 0.3) is 0 Å². The minimum Gasteiger partial charge on any atom is -1.00 e. The van der Waals surface area contributed by atoms with Crippen LogP contribution in [-0.4, -0.2) is 22.6 Å². The Labute approximate surface area is 284 Å². The highest BCUT2D eigenvalue weighted by Gasteiger charge is 2.73. The van der Waals surface area contributed by atoms with Crippen molar-refractivity contribution in [2.75, 3.05) is 6.61 Å². The van der Waals surface area contributed by atoms with Crippen LogP contribution in [0.5, 0.6) is 0 Å². The predicted molar refractivity (Wildman–Crippen MR) is 172 cm³/mol. The zero-order valence-electron chi connectivity index (χ0n) is 29.1. The molecule has 2 aromatic rings. The highest BCUT2D eigenvalue weighted by atomic mass is 127. The average Bonchev–Trinajstić information content (AvgIpc) is 3.43. The SMILES string of the molecule is Cc1ccc(C[n+]2nn(C)c3c2C(C)(C)[C@@H]2CC[C@]4(C)[C@H](CC[C@@H]5[C@H]6[C@H]7OC[C@@]6(CCC7(C)C)CC[C@]54C)[C@@]2(C)C3)cc1.[I-]. The maximum absolute atomic E-state index is 6.82. The Bertz CT molecular complexity index is 1460. The average molecular weight is 712 g/mol. The lowest BCUT2D eigenvalue weighted by Crippen LogP contribution is -3.00. The van der Waals surface area contributed by atoms with Crippen LogP contribution in [0.2, 0.25) is 0 Å². The van der Waals surface area contributed by atoms with Gasteiger partial charge in [-0.2, -0.15) is 0 Å². The zero-order valence-corrected chi connectivity index (χ0v) is 31.3. The number of hydrogen-bond donors (Lipinski definition) is 0. The molecular formula is C39H58IN3O. The van der Waals surface area contributed by atoms with E-state index in [1.54, 1.807) is 0 Å². The summed E-state index contributed by atoms with van der Waals surface area (Å²) >= 11 is 0. The van der Waals surface area contributed by atoms with Crippen LogP contribution in [-0.2, 0) is 30.2 Å². The summed E-state index contributed by atoms with van der Waals surface area (Å²) in [6, 6.07) is 9.05. The van der Waals surface area contributed by atoms with Crippen molar-refractivity contribution in [3.8, 4) is 0 Å². The molecule has 5 aliphatic carbocycles. The second kappa shape index (κ2) is 9.80. The van der Waals surface area contributed by atoms with Gasteiger partial charge < -0.3 is 28.7 Å². The number of aryl methyl sites for hydroxylation is 2. The first-order valence-electron chi connectivity index (χ1n) is 17.8. The Morgan fingerprint density at radius 3 is 2.30 bits per heavy atom. The largest absolute Gasteiger partial charge is 1.00 e. The van der Waals surface area contributed by atoms with E-state index < -0.39 is 0 Å². The molecule has 0 amide bonds. The Kier molecular flexibility index (Phi) is 7.04. The van der Waals surface area contributed by atoms with E-state index in [1.807, 2.05) is 0 Å². The van der Waals surface area contributed by atoms with E-state index in [1.165, 1.54) is 80.3 Å². The van der Waals surface area contributed by atoms with Gasteiger partial charge in [0.15, 0.2) is 11.4 Å². The molecule has 1 aromatic heterocycles. The quantitative estimate of drug-likeness (QED) is 0.326. The topological polar surface area (TPSA) is 30.9 Å². The number of ether oxygens (including phenoxy) is 1. The van der Waals surface area contributed by atoms with Gasteiger partial charge in [-0.05, 0) is 115 Å². The summed E-state index contributed by atoms with van der Waals surface area (Å²) in [7, 11) is 2.21. The number of fused-ring (bicyclic) bond motifs is 6. The Morgan fingerprint density at radius 1 is 0.864 bits per heavy atom. The van der Waals surface area contributed by atoms with Crippen LogP contribution in [0.1, 0.15) is 122 Å². The van der Waals surface area contributed by atoms with Gasteiger partial charge in [-0.15, -0.1) is 9.36 Å². The first kappa shape index (κ1) is 31.6. The summed E-state index contributed by atoms with van der Waals surface area (Å²) in [6.45, 7) is 22.5. The maximum Gasteiger partial charge on any atom is 0.177 e. The third kappa shape index (κ3) is 3.89.